The molecule has 0 bridgehead atoms. The second-order valence-electron chi connectivity index (χ2n) is 7.11. The van der Waals surface area contributed by atoms with Crippen LogP contribution in [0.15, 0.2) is 17.1 Å². The molecule has 0 aliphatic carbocycles. The van der Waals surface area contributed by atoms with Crippen LogP contribution in [0.1, 0.15) is 0 Å². The van der Waals surface area contributed by atoms with Gasteiger partial charge in [-0.25, -0.2) is 9.79 Å². The summed E-state index contributed by atoms with van der Waals surface area (Å²) in [6, 6.07) is -1.58. The highest BCUT2D eigenvalue weighted by atomic mass is 35.6. The Kier molecular flexibility index (Phi) is 8.33. The number of hydrogen-bond donors (Lipinski definition) is 5. The van der Waals surface area contributed by atoms with Gasteiger partial charge in [-0.15, -0.1) is 0 Å². The molecule has 1 unspecified atom stereocenters. The van der Waals surface area contributed by atoms with Crippen LogP contribution in [0.25, 0.3) is 0 Å². The summed E-state index contributed by atoms with van der Waals surface area (Å²) in [4.78, 5) is 29.4. The highest BCUT2D eigenvalue weighted by Gasteiger charge is 2.58. The van der Waals surface area contributed by atoms with E-state index in [1.807, 2.05) is 0 Å². The summed E-state index contributed by atoms with van der Waals surface area (Å²) in [5.41, 5.74) is 3.91. The highest BCUT2D eigenvalue weighted by molar-refractivity contribution is 7.84. The van der Waals surface area contributed by atoms with E-state index in [0.717, 1.165) is 0 Å². The molecule has 0 saturated carbocycles. The van der Waals surface area contributed by atoms with Crippen molar-refractivity contribution in [1.82, 2.24) is 25.6 Å². The van der Waals surface area contributed by atoms with E-state index in [1.165, 1.54) is 0 Å². The fourth-order valence-corrected chi connectivity index (χ4v) is 4.89. The average molecular weight is 624 g/mol. The third-order valence-electron chi connectivity index (χ3n) is 4.75. The van der Waals surface area contributed by atoms with Crippen LogP contribution in [0.3, 0.4) is 0 Å². The van der Waals surface area contributed by atoms with Gasteiger partial charge >= 0.3 is 16.4 Å². The summed E-state index contributed by atoms with van der Waals surface area (Å²) >= 11 is 33.5. The molecule has 20 heteroatoms. The minimum absolute atomic E-state index is 0.0269. The zero-order chi connectivity index (χ0) is 25.5. The van der Waals surface area contributed by atoms with E-state index in [9.17, 15) is 18.0 Å². The molecule has 0 radical (unpaired) electrons. The van der Waals surface area contributed by atoms with Crippen molar-refractivity contribution in [2.45, 2.75) is 31.6 Å². The molecule has 3 heterocycles. The Hall–Kier alpha value is -0.520. The van der Waals surface area contributed by atoms with Crippen molar-refractivity contribution in [3.63, 3.8) is 0 Å². The molecule has 0 aromatic rings. The number of hydrogen-bond acceptors (Lipinski definition) is 10. The number of nitrogens with one attached hydrogen (secondary N) is 4. The van der Waals surface area contributed by atoms with Crippen LogP contribution in [0.4, 0.5) is 4.79 Å². The van der Waals surface area contributed by atoms with E-state index in [0.29, 0.717) is 0 Å². The minimum Gasteiger partial charge on any atom is -0.447 e. The third kappa shape index (κ3) is 6.62. The van der Waals surface area contributed by atoms with Gasteiger partial charge in [-0.2, -0.15) is 13.1 Å². The molecule has 1 spiro atoms. The quantitative estimate of drug-likeness (QED) is 0.200. The van der Waals surface area contributed by atoms with Crippen molar-refractivity contribution in [1.29, 1.82) is 0 Å². The van der Waals surface area contributed by atoms with Crippen LogP contribution in [0, 0.1) is 0 Å². The lowest BCUT2D eigenvalue weighted by Crippen LogP contribution is -2.70. The lowest BCUT2D eigenvalue weighted by atomic mass is 9.93. The fraction of sp³-hybridized carbons (Fsp3) is 0.643. The Labute approximate surface area is 223 Å². The lowest BCUT2D eigenvalue weighted by Gasteiger charge is -2.46. The maximum atomic E-state index is 12.3. The van der Waals surface area contributed by atoms with Crippen LogP contribution >= 0.6 is 69.6 Å². The minimum atomic E-state index is -4.40. The fourth-order valence-electron chi connectivity index (χ4n) is 3.57. The Morgan fingerprint density at radius 1 is 1.29 bits per heavy atom. The lowest BCUT2D eigenvalue weighted by molar-refractivity contribution is -0.119. The number of rotatable bonds is 6. The van der Waals surface area contributed by atoms with Gasteiger partial charge in [-0.05, 0) is 6.08 Å². The van der Waals surface area contributed by atoms with Gasteiger partial charge < -0.3 is 15.4 Å². The summed E-state index contributed by atoms with van der Waals surface area (Å²) in [5.74, 6) is -1.02. The standard InChI is InChI=1S/C14H17Cl6N7O6S/c15-13(16,17)5-33-34(30,31)26-10-23-7-6(4-32-9(21)29)22-11(24-8(28)14(18,19)20)27-3-1-2-12(7,27)25-10/h1-2,6-7,10,23,25-26H,3-5H2,(H2,21,29)(H,22,24,28)/t6-,7-,10?,12+/m0/s1. The number of halogens is 6. The molecular weight excluding hydrogens is 607 g/mol. The van der Waals surface area contributed by atoms with Crippen molar-refractivity contribution < 1.29 is 26.9 Å². The number of ether oxygens (including phenoxy) is 1. The van der Waals surface area contributed by atoms with Gasteiger partial charge in [0.05, 0.1) is 6.04 Å². The molecule has 34 heavy (non-hydrogen) atoms. The van der Waals surface area contributed by atoms with E-state index >= 15 is 0 Å². The number of guanidine groups is 1. The number of nitrogens with two attached hydrogens (primary N) is 1. The van der Waals surface area contributed by atoms with Crippen LogP contribution in [-0.2, 0) is 24.0 Å². The summed E-state index contributed by atoms with van der Waals surface area (Å²) < 4.78 is 32.1. The number of nitrogens with zero attached hydrogens (tertiary/aromatic N) is 2. The zero-order valence-electron chi connectivity index (χ0n) is 16.6. The highest BCUT2D eigenvalue weighted by Crippen LogP contribution is 2.36. The molecule has 0 aromatic heterocycles. The smallest absolute Gasteiger partial charge is 0.404 e. The Morgan fingerprint density at radius 3 is 2.56 bits per heavy atom. The summed E-state index contributed by atoms with van der Waals surface area (Å²) in [6.45, 7) is -0.836. The molecule has 3 aliphatic heterocycles. The number of carbonyl (C=O) groups excluding carboxylic acids is 2. The topological polar surface area (TPSA) is 176 Å². The van der Waals surface area contributed by atoms with Crippen LogP contribution < -0.4 is 26.4 Å². The van der Waals surface area contributed by atoms with Crippen LogP contribution in [0.5, 0.6) is 0 Å². The summed E-state index contributed by atoms with van der Waals surface area (Å²) in [5, 5.41) is 8.43. The molecule has 0 aromatic carbocycles. The Morgan fingerprint density at radius 2 is 1.97 bits per heavy atom. The number of carbonyl (C=O) groups is 2. The second kappa shape index (κ2) is 10.1. The first-order chi connectivity index (χ1) is 15.5. The summed E-state index contributed by atoms with van der Waals surface area (Å²) in [6.07, 6.45) is 1.23. The predicted molar refractivity (Wildman–Crippen MR) is 126 cm³/mol. The van der Waals surface area contributed by atoms with Crippen molar-refractivity contribution in [3.8, 4) is 0 Å². The number of primary amides is 1. The van der Waals surface area contributed by atoms with Gasteiger partial charge in [-0.1, -0.05) is 75.7 Å². The zero-order valence-corrected chi connectivity index (χ0v) is 22.0. The maximum absolute atomic E-state index is 12.3. The molecule has 1 fully saturated rings. The van der Waals surface area contributed by atoms with E-state index in [-0.39, 0.29) is 19.1 Å². The van der Waals surface area contributed by atoms with Gasteiger partial charge in [0.15, 0.2) is 0 Å². The van der Waals surface area contributed by atoms with E-state index in [4.69, 9.17) is 80.1 Å². The molecule has 13 nitrogen and oxygen atoms in total. The monoisotopic (exact) mass is 621 g/mol. The predicted octanol–water partition coefficient (Wildman–Crippen LogP) is -0.0594. The normalized spacial score (nSPS) is 28.8. The Bertz CT molecular complexity index is 1000. The van der Waals surface area contributed by atoms with E-state index in [2.05, 4.69) is 29.8 Å². The maximum Gasteiger partial charge on any atom is 0.404 e. The van der Waals surface area contributed by atoms with Gasteiger partial charge in [-0.3, -0.25) is 24.9 Å². The molecule has 1 saturated heterocycles. The summed E-state index contributed by atoms with van der Waals surface area (Å²) in [7, 11) is -4.40. The average Bonchev–Trinajstić information content (AvgIpc) is 3.25. The molecule has 192 valence electrons. The molecule has 3 aliphatic rings. The molecular formula is C14H17Cl6N7O6S. The number of alkyl halides is 6. The van der Waals surface area contributed by atoms with E-state index < -0.39 is 60.5 Å². The number of aliphatic imine (C=N–C) groups is 1. The number of amides is 2. The molecule has 3 rings (SSSR count). The van der Waals surface area contributed by atoms with Crippen molar-refractivity contribution >= 4 is 97.9 Å². The van der Waals surface area contributed by atoms with Crippen LogP contribution in [0.2, 0.25) is 0 Å². The van der Waals surface area contributed by atoms with E-state index in [1.54, 1.807) is 17.1 Å². The Balaban J connectivity index is 1.86. The van der Waals surface area contributed by atoms with Crippen molar-refractivity contribution in [3.05, 3.63) is 12.2 Å². The van der Waals surface area contributed by atoms with Gasteiger partial charge in [0, 0.05) is 6.54 Å². The van der Waals surface area contributed by atoms with Gasteiger partial charge in [0.2, 0.25) is 9.75 Å². The molecule has 2 amide bonds. The first-order valence-electron chi connectivity index (χ1n) is 9.13. The first-order valence-corrected chi connectivity index (χ1v) is 12.8. The third-order valence-corrected chi connectivity index (χ3v) is 6.54. The second-order valence-corrected chi connectivity index (χ2v) is 13.3. The SMILES string of the molecule is NC(=O)OC[C@@H]1N=C(NC(=O)C(Cl)(Cl)Cl)N2CC=C[C@@]23NC(NS(=O)(=O)OCC(Cl)(Cl)Cl)N[C@@H]13. The molecule has 6 N–H and O–H groups in total. The molecule has 4 atom stereocenters. The van der Waals surface area contributed by atoms with Crippen LogP contribution in [-0.4, -0.2) is 82.7 Å². The van der Waals surface area contributed by atoms with Gasteiger partial charge in [0.25, 0.3) is 9.70 Å². The first kappa shape index (κ1) is 28.1. The van der Waals surface area contributed by atoms with Gasteiger partial charge in [0.1, 0.15) is 31.2 Å². The van der Waals surface area contributed by atoms with Crippen molar-refractivity contribution in [2.24, 2.45) is 10.7 Å². The van der Waals surface area contributed by atoms with Crippen molar-refractivity contribution in [2.75, 3.05) is 19.8 Å². The largest absolute Gasteiger partial charge is 0.447 e.